The highest BCUT2D eigenvalue weighted by Gasteiger charge is 2.22. The molecule has 96 valence electrons. The molecular weight excluding hydrogens is 222 g/mol. The molecule has 0 aliphatic heterocycles. The third-order valence-electron chi connectivity index (χ3n) is 3.75. The smallest absolute Gasteiger partial charge is 0.176 e. The van der Waals surface area contributed by atoms with E-state index < -0.39 is 0 Å². The van der Waals surface area contributed by atoms with Gasteiger partial charge in [0.25, 0.3) is 0 Å². The number of rotatable bonds is 1. The molecule has 0 heterocycles. The van der Waals surface area contributed by atoms with Gasteiger partial charge in [0.05, 0.1) is 5.71 Å². The number of carbonyl (C=O) groups is 1. The zero-order valence-electron chi connectivity index (χ0n) is 10.8. The molecule has 1 saturated carbocycles. The van der Waals surface area contributed by atoms with Crippen molar-refractivity contribution < 1.29 is 4.79 Å². The quantitative estimate of drug-likeness (QED) is 0.792. The normalized spacial score (nSPS) is 22.8. The summed E-state index contributed by atoms with van der Waals surface area (Å²) in [4.78, 5) is 12.0. The highest BCUT2D eigenvalue weighted by Crippen LogP contribution is 2.26. The fourth-order valence-corrected chi connectivity index (χ4v) is 2.66. The van der Waals surface area contributed by atoms with Gasteiger partial charge in [-0.25, -0.2) is 0 Å². The van der Waals surface area contributed by atoms with Gasteiger partial charge in [0.15, 0.2) is 5.78 Å². The molecule has 2 nitrogen and oxygen atoms in total. The highest BCUT2D eigenvalue weighted by atomic mass is 16.1. The number of Topliss-reactive ketones (excluding diaryl/α,β-unsaturated/α-hetero) is 1. The summed E-state index contributed by atoms with van der Waals surface area (Å²) in [6.07, 6.45) is 7.15. The van der Waals surface area contributed by atoms with Gasteiger partial charge in [-0.2, -0.15) is 0 Å². The minimum Gasteiger partial charge on any atom is -0.301 e. The summed E-state index contributed by atoms with van der Waals surface area (Å²) in [5.74, 6) is 0.0579. The average Bonchev–Trinajstić information content (AvgIpc) is 2.41. The van der Waals surface area contributed by atoms with E-state index in [2.05, 4.69) is 0 Å². The van der Waals surface area contributed by atoms with Crippen LogP contribution in [0, 0.1) is 5.41 Å². The molecule has 1 aromatic rings. The second kappa shape index (κ2) is 6.48. The van der Waals surface area contributed by atoms with Crippen LogP contribution in [-0.2, 0) is 4.79 Å². The lowest BCUT2D eigenvalue weighted by molar-refractivity contribution is -0.113. The Kier molecular flexibility index (Phi) is 4.68. The van der Waals surface area contributed by atoms with Crippen LogP contribution in [0.25, 0.3) is 0 Å². The van der Waals surface area contributed by atoms with E-state index in [0.29, 0.717) is 12.1 Å². The Balaban J connectivity index is 2.17. The number of benzene rings is 1. The van der Waals surface area contributed by atoms with Crippen molar-refractivity contribution in [3.8, 4) is 0 Å². The second-order valence-electron chi connectivity index (χ2n) is 5.11. The Morgan fingerprint density at radius 3 is 2.39 bits per heavy atom. The maximum atomic E-state index is 12.0. The van der Waals surface area contributed by atoms with Gasteiger partial charge in [-0.1, -0.05) is 56.0 Å². The predicted octanol–water partition coefficient (Wildman–Crippen LogP) is 4.10. The number of hydrogen-bond donors (Lipinski definition) is 1. The van der Waals surface area contributed by atoms with Crippen LogP contribution in [0.4, 0.5) is 0 Å². The van der Waals surface area contributed by atoms with Gasteiger partial charge in [-0.05, 0) is 18.4 Å². The molecule has 0 radical (unpaired) electrons. The van der Waals surface area contributed by atoms with Crippen LogP contribution < -0.4 is 0 Å². The summed E-state index contributed by atoms with van der Waals surface area (Å²) in [5, 5.41) is 8.15. The predicted molar refractivity (Wildman–Crippen MR) is 74.2 cm³/mol. The van der Waals surface area contributed by atoms with Gasteiger partial charge in [0, 0.05) is 12.3 Å². The minimum absolute atomic E-state index is 0.0109. The lowest BCUT2D eigenvalue weighted by Gasteiger charge is -2.19. The first-order valence-corrected chi connectivity index (χ1v) is 6.95. The summed E-state index contributed by atoms with van der Waals surface area (Å²) >= 11 is 0. The van der Waals surface area contributed by atoms with E-state index in [1.807, 2.05) is 30.3 Å². The third-order valence-corrected chi connectivity index (χ3v) is 3.75. The first kappa shape index (κ1) is 13.0. The number of carbonyl (C=O) groups excluding carboxylic acids is 1. The van der Waals surface area contributed by atoms with E-state index in [9.17, 15) is 4.79 Å². The molecule has 1 unspecified atom stereocenters. The van der Waals surface area contributed by atoms with E-state index in [0.717, 1.165) is 31.2 Å². The Bertz CT molecular complexity index is 410. The van der Waals surface area contributed by atoms with Gasteiger partial charge < -0.3 is 5.41 Å². The van der Waals surface area contributed by atoms with Crippen molar-refractivity contribution in [3.05, 3.63) is 35.9 Å². The van der Waals surface area contributed by atoms with Gasteiger partial charge in [-0.3, -0.25) is 4.79 Å². The molecular formula is C16H21NO. The lowest BCUT2D eigenvalue weighted by atomic mass is 9.85. The molecule has 1 aliphatic rings. The van der Waals surface area contributed by atoms with Crippen molar-refractivity contribution in [2.24, 2.45) is 0 Å². The molecule has 2 rings (SSSR count). The van der Waals surface area contributed by atoms with Crippen molar-refractivity contribution in [1.29, 1.82) is 5.41 Å². The second-order valence-corrected chi connectivity index (χ2v) is 5.11. The van der Waals surface area contributed by atoms with E-state index >= 15 is 0 Å². The zero-order chi connectivity index (χ0) is 12.8. The molecule has 1 N–H and O–H groups in total. The first-order chi connectivity index (χ1) is 8.79. The van der Waals surface area contributed by atoms with Gasteiger partial charge in [0.2, 0.25) is 0 Å². The SMILES string of the molecule is N=C1C(=O)CCCCCCCC1c1ccccc1. The molecule has 0 saturated heterocycles. The number of ketones is 1. The minimum atomic E-state index is 0.0109. The summed E-state index contributed by atoms with van der Waals surface area (Å²) in [6, 6.07) is 10.0. The Labute approximate surface area is 109 Å². The fraction of sp³-hybridized carbons (Fsp3) is 0.500. The zero-order valence-corrected chi connectivity index (χ0v) is 10.8. The molecule has 1 aliphatic carbocycles. The summed E-state index contributed by atoms with van der Waals surface area (Å²) in [6.45, 7) is 0. The molecule has 0 spiro atoms. The van der Waals surface area contributed by atoms with Crippen LogP contribution in [-0.4, -0.2) is 11.5 Å². The molecule has 1 fully saturated rings. The molecule has 1 atom stereocenters. The van der Waals surface area contributed by atoms with Gasteiger partial charge in [0.1, 0.15) is 0 Å². The molecule has 1 aromatic carbocycles. The van der Waals surface area contributed by atoms with E-state index in [-0.39, 0.29) is 11.7 Å². The maximum absolute atomic E-state index is 12.0. The molecule has 2 heteroatoms. The van der Waals surface area contributed by atoms with Crippen molar-refractivity contribution in [2.75, 3.05) is 0 Å². The number of hydrogen-bond acceptors (Lipinski definition) is 2. The van der Waals surface area contributed by atoms with Crippen molar-refractivity contribution >= 4 is 11.5 Å². The summed E-state index contributed by atoms with van der Waals surface area (Å²) in [5.41, 5.74) is 1.44. The third kappa shape index (κ3) is 3.28. The first-order valence-electron chi connectivity index (χ1n) is 6.95. The number of nitrogens with one attached hydrogen (secondary N) is 1. The topological polar surface area (TPSA) is 40.9 Å². The van der Waals surface area contributed by atoms with E-state index in [4.69, 9.17) is 5.41 Å². The molecule has 18 heavy (non-hydrogen) atoms. The average molecular weight is 243 g/mol. The van der Waals surface area contributed by atoms with Crippen LogP contribution in [0.3, 0.4) is 0 Å². The fourth-order valence-electron chi connectivity index (χ4n) is 2.66. The van der Waals surface area contributed by atoms with Crippen molar-refractivity contribution in [2.45, 2.75) is 50.9 Å². The van der Waals surface area contributed by atoms with E-state index in [1.54, 1.807) is 0 Å². The molecule has 0 amide bonds. The van der Waals surface area contributed by atoms with Crippen molar-refractivity contribution in [3.63, 3.8) is 0 Å². The maximum Gasteiger partial charge on any atom is 0.176 e. The largest absolute Gasteiger partial charge is 0.301 e. The standard InChI is InChI=1S/C16H21NO/c17-16-14(13-9-5-4-6-10-13)11-7-2-1-3-8-12-15(16)18/h4-6,9-10,14,17H,1-3,7-8,11-12H2. The Morgan fingerprint density at radius 2 is 1.61 bits per heavy atom. The molecule has 0 aromatic heterocycles. The van der Waals surface area contributed by atoms with Crippen LogP contribution in [0.5, 0.6) is 0 Å². The summed E-state index contributed by atoms with van der Waals surface area (Å²) < 4.78 is 0. The molecule has 0 bridgehead atoms. The monoisotopic (exact) mass is 243 g/mol. The van der Waals surface area contributed by atoms with Crippen LogP contribution in [0.1, 0.15) is 56.4 Å². The Morgan fingerprint density at radius 1 is 0.944 bits per heavy atom. The Hall–Kier alpha value is -1.44. The highest BCUT2D eigenvalue weighted by molar-refractivity contribution is 6.40. The lowest BCUT2D eigenvalue weighted by Crippen LogP contribution is -2.22. The van der Waals surface area contributed by atoms with Crippen LogP contribution >= 0.6 is 0 Å². The summed E-state index contributed by atoms with van der Waals surface area (Å²) in [7, 11) is 0. The van der Waals surface area contributed by atoms with Crippen LogP contribution in [0.2, 0.25) is 0 Å². The van der Waals surface area contributed by atoms with Crippen molar-refractivity contribution in [1.82, 2.24) is 0 Å². The van der Waals surface area contributed by atoms with Crippen LogP contribution in [0.15, 0.2) is 30.3 Å². The van der Waals surface area contributed by atoms with Gasteiger partial charge >= 0.3 is 0 Å². The van der Waals surface area contributed by atoms with E-state index in [1.165, 1.54) is 12.8 Å². The van der Waals surface area contributed by atoms with Gasteiger partial charge in [-0.15, -0.1) is 0 Å².